The number of thioether (sulfide) groups is 1. The maximum atomic E-state index is 13.7. The van der Waals surface area contributed by atoms with Crippen molar-refractivity contribution in [3.63, 3.8) is 0 Å². The van der Waals surface area contributed by atoms with Crippen LogP contribution in [-0.2, 0) is 28.6 Å². The minimum Gasteiger partial charge on any atom is -0.465 e. The summed E-state index contributed by atoms with van der Waals surface area (Å²) in [7, 11) is 0. The Morgan fingerprint density at radius 1 is 0.548 bits per heavy atom. The molecule has 0 amide bonds. The van der Waals surface area contributed by atoms with Gasteiger partial charge in [-0.15, -0.1) is 11.8 Å². The molecule has 0 aromatic rings. The monoisotopic (exact) mass is 900 g/mol. The third kappa shape index (κ3) is 35.9. The fourth-order valence-corrected chi connectivity index (χ4v) is 9.48. The first-order chi connectivity index (χ1) is 30.2. The van der Waals surface area contributed by atoms with Crippen molar-refractivity contribution in [2.75, 3.05) is 39.5 Å². The fourth-order valence-electron chi connectivity index (χ4n) is 8.16. The highest BCUT2D eigenvalue weighted by atomic mass is 32.2. The molecule has 5 atom stereocenters. The van der Waals surface area contributed by atoms with E-state index in [4.69, 9.17) is 14.2 Å². The maximum absolute atomic E-state index is 13.7. The van der Waals surface area contributed by atoms with Gasteiger partial charge in [0.15, 0.2) is 0 Å². The van der Waals surface area contributed by atoms with Crippen molar-refractivity contribution in [1.82, 2.24) is 4.90 Å². The molecule has 0 heterocycles. The van der Waals surface area contributed by atoms with Crippen molar-refractivity contribution in [1.29, 1.82) is 0 Å². The van der Waals surface area contributed by atoms with Crippen LogP contribution in [0, 0.1) is 5.92 Å². The topological polar surface area (TPSA) is 123 Å². The van der Waals surface area contributed by atoms with Crippen molar-refractivity contribution < 1.29 is 38.8 Å². The summed E-state index contributed by atoms with van der Waals surface area (Å²) in [4.78, 5) is 42.8. The first-order valence-electron chi connectivity index (χ1n) is 26.4. The Hall–Kier alpha value is -1.36. The second-order valence-corrected chi connectivity index (χ2v) is 19.8. The molecular formula is C52H101NO8S. The van der Waals surface area contributed by atoms with Gasteiger partial charge in [0.2, 0.25) is 6.10 Å². The molecule has 0 saturated heterocycles. The van der Waals surface area contributed by atoms with Gasteiger partial charge in [-0.3, -0.25) is 14.5 Å². The van der Waals surface area contributed by atoms with Gasteiger partial charge in [0, 0.05) is 19.5 Å². The predicted octanol–water partition coefficient (Wildman–Crippen LogP) is 13.3. The number of hydrogen-bond donors (Lipinski definition) is 2. The largest absolute Gasteiger partial charge is 0.465 e. The molecule has 62 heavy (non-hydrogen) atoms. The van der Waals surface area contributed by atoms with Crippen LogP contribution in [0.5, 0.6) is 0 Å². The van der Waals surface area contributed by atoms with Gasteiger partial charge in [-0.1, -0.05) is 195 Å². The molecule has 10 heteroatoms. The van der Waals surface area contributed by atoms with Crippen molar-refractivity contribution in [3.05, 3.63) is 0 Å². The van der Waals surface area contributed by atoms with Crippen LogP contribution in [0.4, 0.5) is 0 Å². The molecule has 0 aliphatic rings. The van der Waals surface area contributed by atoms with Crippen molar-refractivity contribution in [2.45, 2.75) is 270 Å². The Morgan fingerprint density at radius 2 is 1.02 bits per heavy atom. The van der Waals surface area contributed by atoms with Crippen molar-refractivity contribution >= 4 is 29.7 Å². The number of aliphatic hydroxyl groups is 2. The normalized spacial score (nSPS) is 14.1. The van der Waals surface area contributed by atoms with Crippen LogP contribution >= 0.6 is 11.8 Å². The van der Waals surface area contributed by atoms with E-state index in [0.29, 0.717) is 51.4 Å². The van der Waals surface area contributed by atoms with E-state index in [2.05, 4.69) is 27.7 Å². The van der Waals surface area contributed by atoms with Crippen LogP contribution in [0.1, 0.15) is 247 Å². The van der Waals surface area contributed by atoms with E-state index in [1.54, 1.807) is 0 Å². The lowest BCUT2D eigenvalue weighted by Gasteiger charge is -2.28. The summed E-state index contributed by atoms with van der Waals surface area (Å²) in [6.45, 7) is 14.7. The Labute approximate surface area is 387 Å². The number of rotatable bonds is 47. The highest BCUT2D eigenvalue weighted by Crippen LogP contribution is 2.30. The van der Waals surface area contributed by atoms with E-state index < -0.39 is 34.6 Å². The summed E-state index contributed by atoms with van der Waals surface area (Å²) in [6, 6.07) is 0. The van der Waals surface area contributed by atoms with E-state index >= 15 is 0 Å². The van der Waals surface area contributed by atoms with E-state index in [-0.39, 0.29) is 25.6 Å². The van der Waals surface area contributed by atoms with Crippen LogP contribution in [-0.4, -0.2) is 95.2 Å². The zero-order valence-electron chi connectivity index (χ0n) is 41.5. The molecule has 5 unspecified atom stereocenters. The third-order valence-corrected chi connectivity index (χ3v) is 13.5. The molecule has 0 saturated carbocycles. The summed E-state index contributed by atoms with van der Waals surface area (Å²) in [5, 5.41) is 19.4. The minimum absolute atomic E-state index is 0.0314. The smallest absolute Gasteiger partial charge is 0.348 e. The summed E-state index contributed by atoms with van der Waals surface area (Å²) < 4.78 is 17.7. The molecule has 0 aliphatic heterocycles. The van der Waals surface area contributed by atoms with Gasteiger partial charge in [-0.25, -0.2) is 4.79 Å². The number of aliphatic hydroxyl groups excluding tert-OH is 2. The van der Waals surface area contributed by atoms with Gasteiger partial charge in [0.05, 0.1) is 31.2 Å². The molecule has 9 nitrogen and oxygen atoms in total. The third-order valence-electron chi connectivity index (χ3n) is 12.1. The molecular weight excluding hydrogens is 799 g/mol. The van der Waals surface area contributed by atoms with Gasteiger partial charge < -0.3 is 24.4 Å². The van der Waals surface area contributed by atoms with Crippen LogP contribution < -0.4 is 0 Å². The second-order valence-electron chi connectivity index (χ2n) is 18.3. The summed E-state index contributed by atoms with van der Waals surface area (Å²) in [5.41, 5.74) is 0. The van der Waals surface area contributed by atoms with Crippen LogP contribution in [0.3, 0.4) is 0 Å². The van der Waals surface area contributed by atoms with Gasteiger partial charge in [-0.05, 0) is 57.9 Å². The Kier molecular flexibility index (Phi) is 43.8. The van der Waals surface area contributed by atoms with Gasteiger partial charge in [-0.2, -0.15) is 0 Å². The number of carbonyl (C=O) groups excluding carboxylic acids is 3. The first kappa shape index (κ1) is 60.6. The first-order valence-corrected chi connectivity index (χ1v) is 27.3. The maximum Gasteiger partial charge on any atom is 0.348 e. The van der Waals surface area contributed by atoms with Crippen molar-refractivity contribution in [2.24, 2.45) is 5.92 Å². The summed E-state index contributed by atoms with van der Waals surface area (Å²) in [6.07, 6.45) is 33.0. The zero-order chi connectivity index (χ0) is 45.9. The standard InChI is InChI=1S/C52H101NO8S/c1-7-12-16-20-23-24-27-30-35-46(34-29-26-21-17-13-8-2)44-60-51(57)45(6)62-48(37-32-25-19-15-10-4)50(52(58)59-42-11-5)61-49(56)38-33-39-53(40-41-54)43-47(55)36-31-28-22-18-14-9-3/h45-48,50,54-55H,7-44H2,1-6H3. The molecule has 0 aliphatic carbocycles. The average molecular weight is 900 g/mol. The molecule has 0 spiro atoms. The zero-order valence-corrected chi connectivity index (χ0v) is 42.3. The number of carbonyl (C=O) groups is 3. The minimum atomic E-state index is -1.13. The van der Waals surface area contributed by atoms with E-state index in [9.17, 15) is 24.6 Å². The highest BCUT2D eigenvalue weighted by molar-refractivity contribution is 8.01. The lowest BCUT2D eigenvalue weighted by Crippen LogP contribution is -2.40. The van der Waals surface area contributed by atoms with Gasteiger partial charge in [0.1, 0.15) is 5.25 Å². The molecule has 0 fully saturated rings. The fraction of sp³-hybridized carbons (Fsp3) is 0.942. The van der Waals surface area contributed by atoms with E-state index in [0.717, 1.165) is 64.2 Å². The summed E-state index contributed by atoms with van der Waals surface area (Å²) >= 11 is 1.38. The number of hydrogen-bond acceptors (Lipinski definition) is 10. The SMILES string of the molecule is CCCCCCCCCCC(CCCCCCCC)COC(=O)C(C)SC(CCCCCCC)C(OC(=O)CCCN(CCO)CC(O)CCCCCCCC)C(=O)OCCC. The van der Waals surface area contributed by atoms with Crippen LogP contribution in [0.15, 0.2) is 0 Å². The van der Waals surface area contributed by atoms with Crippen molar-refractivity contribution in [3.8, 4) is 0 Å². The predicted molar refractivity (Wildman–Crippen MR) is 262 cm³/mol. The quantitative estimate of drug-likeness (QED) is 0.0347. The Bertz CT molecular complexity index is 1020. The molecule has 0 aromatic heterocycles. The van der Waals surface area contributed by atoms with Crippen LogP contribution in [0.2, 0.25) is 0 Å². The molecule has 368 valence electrons. The Balaban J connectivity index is 5.64. The molecule has 0 rings (SSSR count). The molecule has 2 N–H and O–H groups in total. The number of nitrogens with zero attached hydrogens (tertiary/aromatic N) is 1. The van der Waals surface area contributed by atoms with Crippen LogP contribution in [0.25, 0.3) is 0 Å². The van der Waals surface area contributed by atoms with E-state index in [1.165, 1.54) is 127 Å². The van der Waals surface area contributed by atoms with Gasteiger partial charge in [0.25, 0.3) is 0 Å². The van der Waals surface area contributed by atoms with Gasteiger partial charge >= 0.3 is 17.9 Å². The lowest BCUT2D eigenvalue weighted by atomic mass is 9.94. The van der Waals surface area contributed by atoms with E-state index in [1.807, 2.05) is 18.7 Å². The Morgan fingerprint density at radius 3 is 1.50 bits per heavy atom. The second kappa shape index (κ2) is 44.8. The number of ether oxygens (including phenoxy) is 3. The molecule has 0 bridgehead atoms. The molecule has 0 aromatic carbocycles. The highest BCUT2D eigenvalue weighted by Gasteiger charge is 2.36. The summed E-state index contributed by atoms with van der Waals surface area (Å²) in [5.74, 6) is -0.961. The molecule has 0 radical (unpaired) electrons. The average Bonchev–Trinajstić information content (AvgIpc) is 3.26. The number of unbranched alkanes of at least 4 members (excludes halogenated alkanes) is 21. The lowest BCUT2D eigenvalue weighted by molar-refractivity contribution is -0.168. The number of esters is 3.